The van der Waals surface area contributed by atoms with Crippen LogP contribution >= 0.6 is 0 Å². The molecule has 0 saturated heterocycles. The van der Waals surface area contributed by atoms with E-state index in [4.69, 9.17) is 0 Å². The summed E-state index contributed by atoms with van der Waals surface area (Å²) < 4.78 is 3.76. The van der Waals surface area contributed by atoms with Crippen LogP contribution in [0.2, 0.25) is 7.73 Å². The zero-order chi connectivity index (χ0) is 8.31. The van der Waals surface area contributed by atoms with E-state index in [1.54, 1.807) is 3.45 Å². The molecule has 0 rings (SSSR count). The van der Waals surface area contributed by atoms with Crippen LogP contribution in [0.4, 0.5) is 0 Å². The van der Waals surface area contributed by atoms with Crippen molar-refractivity contribution in [1.29, 1.82) is 0 Å². The SMILES string of the molecule is C[C](C)=[SbH]([CH](C)C)[CH](C)C. The van der Waals surface area contributed by atoms with Crippen LogP contribution in [-0.4, -0.2) is 23.2 Å². The Morgan fingerprint density at radius 3 is 1.20 bits per heavy atom. The van der Waals surface area contributed by atoms with Gasteiger partial charge in [-0.3, -0.25) is 0 Å². The second kappa shape index (κ2) is 4.54. The Morgan fingerprint density at radius 2 is 1.20 bits per heavy atom. The van der Waals surface area contributed by atoms with Crippen molar-refractivity contribution in [2.75, 3.05) is 0 Å². The van der Waals surface area contributed by atoms with E-state index in [1.165, 1.54) is 0 Å². The molecule has 0 heterocycles. The molecule has 0 aliphatic heterocycles. The van der Waals surface area contributed by atoms with Crippen molar-refractivity contribution in [3.8, 4) is 0 Å². The second-order valence-corrected chi connectivity index (χ2v) is 15.8. The fourth-order valence-electron chi connectivity index (χ4n) is 1.82. The summed E-state index contributed by atoms with van der Waals surface area (Å²) in [7, 11) is 0. The molecule has 0 aromatic carbocycles. The van der Waals surface area contributed by atoms with Gasteiger partial charge in [0.15, 0.2) is 0 Å². The van der Waals surface area contributed by atoms with Gasteiger partial charge in [-0.2, -0.15) is 0 Å². The Balaban J connectivity index is 4.44. The van der Waals surface area contributed by atoms with Gasteiger partial charge in [0.05, 0.1) is 0 Å². The van der Waals surface area contributed by atoms with E-state index in [0.717, 1.165) is 7.73 Å². The van der Waals surface area contributed by atoms with Gasteiger partial charge in [-0.05, 0) is 0 Å². The third-order valence-electron chi connectivity index (χ3n) is 1.82. The Hall–Kier alpha value is 0.688. The molecule has 0 aliphatic carbocycles. The third-order valence-corrected chi connectivity index (χ3v) is 12.2. The van der Waals surface area contributed by atoms with Crippen molar-refractivity contribution >= 4 is 23.2 Å². The van der Waals surface area contributed by atoms with Crippen LogP contribution in [0, 0.1) is 0 Å². The van der Waals surface area contributed by atoms with E-state index >= 15 is 0 Å². The van der Waals surface area contributed by atoms with E-state index in [1.807, 2.05) is 0 Å². The molecule has 0 bridgehead atoms. The first kappa shape index (κ1) is 10.7. The molecule has 0 fully saturated rings. The zero-order valence-corrected chi connectivity index (χ0v) is 11.0. The third kappa shape index (κ3) is 3.19. The summed E-state index contributed by atoms with van der Waals surface area (Å²) in [6.45, 7) is 14.2. The number of rotatable bonds is 2. The molecule has 0 aliphatic rings. The standard InChI is InChI=1S/2C3H7.C3H6.Sb.H/c3*1-3-2;;/h2*3H,1-2H3;1-2H3;;. The summed E-state index contributed by atoms with van der Waals surface area (Å²) in [5.74, 6) is 0. The Morgan fingerprint density at radius 1 is 0.900 bits per heavy atom. The molecule has 0 saturated carbocycles. The zero-order valence-electron chi connectivity index (χ0n) is 8.15. The summed E-state index contributed by atoms with van der Waals surface area (Å²) in [6.07, 6.45) is 0. The van der Waals surface area contributed by atoms with Gasteiger partial charge in [-0.25, -0.2) is 0 Å². The Bertz CT molecular complexity index is 118. The van der Waals surface area contributed by atoms with Gasteiger partial charge >= 0.3 is 72.5 Å². The predicted octanol–water partition coefficient (Wildman–Crippen LogP) is 2.83. The predicted molar refractivity (Wildman–Crippen MR) is 53.7 cm³/mol. The molecule has 0 atom stereocenters. The van der Waals surface area contributed by atoms with Gasteiger partial charge in [0.1, 0.15) is 0 Å². The van der Waals surface area contributed by atoms with Crippen LogP contribution in [0.25, 0.3) is 0 Å². The van der Waals surface area contributed by atoms with Gasteiger partial charge in [0, 0.05) is 0 Å². The van der Waals surface area contributed by atoms with Gasteiger partial charge in [0.25, 0.3) is 0 Å². The topological polar surface area (TPSA) is 0 Å². The van der Waals surface area contributed by atoms with Gasteiger partial charge < -0.3 is 0 Å². The molecule has 10 heavy (non-hydrogen) atoms. The summed E-state index contributed by atoms with van der Waals surface area (Å²) in [5, 5.41) is 0. The van der Waals surface area contributed by atoms with Crippen molar-refractivity contribution in [2.45, 2.75) is 49.3 Å². The molecule has 0 radical (unpaired) electrons. The summed E-state index contributed by atoms with van der Waals surface area (Å²) >= 11 is -1.10. The minimum absolute atomic E-state index is 0.993. The molecular formula is C9H21Sb. The van der Waals surface area contributed by atoms with Gasteiger partial charge in [-0.1, -0.05) is 0 Å². The van der Waals surface area contributed by atoms with Crippen LogP contribution in [0.3, 0.4) is 0 Å². The molecule has 0 nitrogen and oxygen atoms in total. The average molecular weight is 251 g/mol. The van der Waals surface area contributed by atoms with Crippen LogP contribution in [0.1, 0.15) is 41.5 Å². The van der Waals surface area contributed by atoms with Crippen molar-refractivity contribution < 1.29 is 0 Å². The molecular weight excluding hydrogens is 230 g/mol. The molecule has 1 heteroatoms. The fraction of sp³-hybridized carbons (Fsp3) is 0.889. The quantitative estimate of drug-likeness (QED) is 0.662. The average Bonchev–Trinajstić information content (AvgIpc) is 1.59. The van der Waals surface area contributed by atoms with Crippen molar-refractivity contribution in [1.82, 2.24) is 0 Å². The summed E-state index contributed by atoms with van der Waals surface area (Å²) in [4.78, 5) is 0. The first-order chi connectivity index (χ1) is 4.46. The van der Waals surface area contributed by atoms with Crippen molar-refractivity contribution in [3.63, 3.8) is 0 Å². The maximum atomic E-state index is 2.39. The fourth-order valence-corrected chi connectivity index (χ4v) is 12.2. The van der Waals surface area contributed by atoms with Crippen LogP contribution in [0.15, 0.2) is 0 Å². The number of hydrogen-bond acceptors (Lipinski definition) is 0. The monoisotopic (exact) mass is 250 g/mol. The van der Waals surface area contributed by atoms with Gasteiger partial charge in [-0.15, -0.1) is 0 Å². The van der Waals surface area contributed by atoms with Crippen molar-refractivity contribution in [3.05, 3.63) is 0 Å². The Kier molecular flexibility index (Phi) is 4.86. The first-order valence-electron chi connectivity index (χ1n) is 4.14. The molecule has 0 amide bonds. The van der Waals surface area contributed by atoms with Gasteiger partial charge in [0.2, 0.25) is 0 Å². The van der Waals surface area contributed by atoms with Crippen LogP contribution in [0.5, 0.6) is 0 Å². The number of hydrogen-bond donors (Lipinski definition) is 0. The molecule has 0 unspecified atom stereocenters. The molecule has 0 spiro atoms. The van der Waals surface area contributed by atoms with E-state index in [9.17, 15) is 0 Å². The molecule has 0 aromatic rings. The Labute approximate surface area is 72.5 Å². The summed E-state index contributed by atoms with van der Waals surface area (Å²) in [6, 6.07) is 0. The maximum absolute atomic E-state index is 2.39. The van der Waals surface area contributed by atoms with Crippen molar-refractivity contribution in [2.24, 2.45) is 0 Å². The molecule has 0 aromatic heterocycles. The van der Waals surface area contributed by atoms with Crippen LogP contribution in [-0.2, 0) is 0 Å². The van der Waals surface area contributed by atoms with E-state index < -0.39 is 19.7 Å². The van der Waals surface area contributed by atoms with E-state index in [2.05, 4.69) is 41.5 Å². The van der Waals surface area contributed by atoms with E-state index in [-0.39, 0.29) is 0 Å². The normalized spacial score (nSPS) is 11.7. The molecule has 62 valence electrons. The van der Waals surface area contributed by atoms with E-state index in [0.29, 0.717) is 0 Å². The second-order valence-electron chi connectivity index (χ2n) is 3.76. The first-order valence-corrected chi connectivity index (χ1v) is 8.86. The minimum atomic E-state index is -1.10. The van der Waals surface area contributed by atoms with Crippen LogP contribution < -0.4 is 0 Å². The molecule has 0 N–H and O–H groups in total. The summed E-state index contributed by atoms with van der Waals surface area (Å²) in [5.41, 5.74) is 0.